The summed E-state index contributed by atoms with van der Waals surface area (Å²) in [5.74, 6) is 1.43. The van der Waals surface area contributed by atoms with Crippen LogP contribution in [0.2, 0.25) is 0 Å². The molecule has 1 unspecified atom stereocenters. The molecule has 0 saturated heterocycles. The van der Waals surface area contributed by atoms with Crippen molar-refractivity contribution in [2.75, 3.05) is 0 Å². The predicted molar refractivity (Wildman–Crippen MR) is 154 cm³/mol. The van der Waals surface area contributed by atoms with Crippen molar-refractivity contribution in [1.29, 1.82) is 0 Å². The van der Waals surface area contributed by atoms with E-state index in [1.807, 2.05) is 25.1 Å². The number of carbonyl (C=O) groups is 2. The highest BCUT2D eigenvalue weighted by molar-refractivity contribution is 7.09. The standard InChI is InChI=1S/C30H44N4O2S/c1-8-23(9-2)34-27-13-12-22(17-25(27)32-28(34)18-24-11-10-14-37-24)29(35)33-26(16-20(5)6)30(36)31-21(7)15-19(3)4/h10-14,17,19-21,23,26H,8-9,15-16,18H2,1-7H3,(H,31,36)(H,33,35)/t21?,26-/m0/s1. The molecule has 0 spiro atoms. The van der Waals surface area contributed by atoms with Gasteiger partial charge in [-0.3, -0.25) is 9.59 Å². The van der Waals surface area contributed by atoms with Gasteiger partial charge in [0.05, 0.1) is 11.0 Å². The van der Waals surface area contributed by atoms with Crippen LogP contribution in [0.15, 0.2) is 35.7 Å². The Bertz CT molecular complexity index is 1160. The topological polar surface area (TPSA) is 76.0 Å². The van der Waals surface area contributed by atoms with Crippen molar-refractivity contribution in [3.05, 3.63) is 52.0 Å². The van der Waals surface area contributed by atoms with E-state index < -0.39 is 6.04 Å². The Morgan fingerprint density at radius 1 is 0.973 bits per heavy atom. The molecule has 3 aromatic rings. The molecular formula is C30H44N4O2S. The molecule has 0 aliphatic carbocycles. The van der Waals surface area contributed by atoms with Crippen LogP contribution in [0.3, 0.4) is 0 Å². The number of nitrogens with zero attached hydrogens (tertiary/aromatic N) is 2. The van der Waals surface area contributed by atoms with Crippen molar-refractivity contribution in [1.82, 2.24) is 20.2 Å². The Labute approximate surface area is 226 Å². The average molecular weight is 525 g/mol. The first-order chi connectivity index (χ1) is 17.6. The number of imidazole rings is 1. The van der Waals surface area contributed by atoms with Crippen molar-refractivity contribution in [2.45, 2.75) is 98.7 Å². The highest BCUT2D eigenvalue weighted by Gasteiger charge is 2.25. The molecule has 0 fully saturated rings. The van der Waals surface area contributed by atoms with Gasteiger partial charge in [0.25, 0.3) is 5.91 Å². The number of rotatable bonds is 13. The van der Waals surface area contributed by atoms with Crippen LogP contribution in [0, 0.1) is 11.8 Å². The SMILES string of the molecule is CCC(CC)n1c(Cc2cccs2)nc2cc(C(=O)N[C@@H](CC(C)C)C(=O)NC(C)CC(C)C)ccc21. The number of aromatic nitrogens is 2. The van der Waals surface area contributed by atoms with Gasteiger partial charge >= 0.3 is 0 Å². The number of hydrogen-bond donors (Lipinski definition) is 2. The maximum Gasteiger partial charge on any atom is 0.252 e. The first-order valence-corrected chi connectivity index (χ1v) is 14.6. The first kappa shape index (κ1) is 28.9. The van der Waals surface area contributed by atoms with Crippen molar-refractivity contribution in [3.8, 4) is 0 Å². The fourth-order valence-electron chi connectivity index (χ4n) is 5.10. The molecule has 2 aromatic heterocycles. The van der Waals surface area contributed by atoms with Crippen LogP contribution in [0.5, 0.6) is 0 Å². The largest absolute Gasteiger partial charge is 0.352 e. The smallest absolute Gasteiger partial charge is 0.252 e. The summed E-state index contributed by atoms with van der Waals surface area (Å²) in [5.41, 5.74) is 2.40. The number of nitrogens with one attached hydrogen (secondary N) is 2. The van der Waals surface area contributed by atoms with Crippen molar-refractivity contribution in [2.24, 2.45) is 11.8 Å². The normalized spacial score (nSPS) is 13.5. The second-order valence-electron chi connectivity index (χ2n) is 11.0. The molecule has 0 aliphatic heterocycles. The second-order valence-corrected chi connectivity index (χ2v) is 12.1. The Morgan fingerprint density at radius 3 is 2.27 bits per heavy atom. The number of thiophene rings is 1. The van der Waals surface area contributed by atoms with Gasteiger partial charge in [-0.05, 0) is 74.1 Å². The lowest BCUT2D eigenvalue weighted by Gasteiger charge is -2.23. The fraction of sp³-hybridized carbons (Fsp3) is 0.567. The Morgan fingerprint density at radius 2 is 1.68 bits per heavy atom. The van der Waals surface area contributed by atoms with Crippen molar-refractivity contribution in [3.63, 3.8) is 0 Å². The van der Waals surface area contributed by atoms with E-state index in [-0.39, 0.29) is 23.8 Å². The number of fused-ring (bicyclic) bond motifs is 1. The van der Waals surface area contributed by atoms with Crippen LogP contribution >= 0.6 is 11.3 Å². The third kappa shape index (κ3) is 7.67. The molecule has 1 aromatic carbocycles. The molecule has 7 heteroatoms. The van der Waals surface area contributed by atoms with Gasteiger partial charge in [-0.2, -0.15) is 0 Å². The summed E-state index contributed by atoms with van der Waals surface area (Å²) in [6, 6.07) is 9.79. The van der Waals surface area contributed by atoms with Crippen molar-refractivity contribution >= 4 is 34.2 Å². The van der Waals surface area contributed by atoms with E-state index in [9.17, 15) is 9.59 Å². The molecule has 202 valence electrons. The minimum atomic E-state index is -0.575. The molecule has 2 amide bonds. The van der Waals surface area contributed by atoms with Gasteiger partial charge in [-0.1, -0.05) is 47.6 Å². The van der Waals surface area contributed by atoms with E-state index in [2.05, 4.69) is 74.3 Å². The minimum absolute atomic E-state index is 0.0613. The first-order valence-electron chi connectivity index (χ1n) is 13.8. The zero-order valence-electron chi connectivity index (χ0n) is 23.5. The van der Waals surface area contributed by atoms with Crippen molar-refractivity contribution < 1.29 is 9.59 Å². The third-order valence-corrected chi connectivity index (χ3v) is 7.66. The van der Waals surface area contributed by atoms with Crippen LogP contribution in [0.4, 0.5) is 0 Å². The summed E-state index contributed by atoms with van der Waals surface area (Å²) in [6.45, 7) is 14.8. The molecule has 3 rings (SSSR count). The van der Waals surface area contributed by atoms with Gasteiger partial charge in [0.1, 0.15) is 11.9 Å². The Kier molecular flexibility index (Phi) is 10.3. The maximum atomic E-state index is 13.3. The van der Waals surface area contributed by atoms with Crippen LogP contribution in [0.25, 0.3) is 11.0 Å². The van der Waals surface area contributed by atoms with Gasteiger partial charge in [0.2, 0.25) is 5.91 Å². The average Bonchev–Trinajstić information content (AvgIpc) is 3.46. The monoisotopic (exact) mass is 524 g/mol. The van der Waals surface area contributed by atoms with E-state index in [1.165, 1.54) is 4.88 Å². The Hall–Kier alpha value is -2.67. The number of carbonyl (C=O) groups excluding carboxylic acids is 2. The lowest BCUT2D eigenvalue weighted by atomic mass is 10.0. The predicted octanol–water partition coefficient (Wildman–Crippen LogP) is 6.75. The number of hydrogen-bond acceptors (Lipinski definition) is 4. The maximum absolute atomic E-state index is 13.3. The van der Waals surface area contributed by atoms with Gasteiger partial charge in [0.15, 0.2) is 0 Å². The molecule has 0 aliphatic rings. The summed E-state index contributed by atoms with van der Waals surface area (Å²) >= 11 is 1.74. The van der Waals surface area contributed by atoms with E-state index in [0.717, 1.165) is 42.5 Å². The fourth-order valence-corrected chi connectivity index (χ4v) is 5.80. The molecule has 2 atom stereocenters. The molecular weight excluding hydrogens is 480 g/mol. The summed E-state index contributed by atoms with van der Waals surface area (Å²) in [5, 5.41) is 8.19. The van der Waals surface area contributed by atoms with E-state index >= 15 is 0 Å². The van der Waals surface area contributed by atoms with E-state index in [4.69, 9.17) is 4.98 Å². The lowest BCUT2D eigenvalue weighted by Crippen LogP contribution is -2.49. The molecule has 0 saturated carbocycles. The molecule has 0 bridgehead atoms. The second kappa shape index (κ2) is 13.2. The third-order valence-electron chi connectivity index (χ3n) is 6.79. The van der Waals surface area contributed by atoms with Crippen LogP contribution < -0.4 is 10.6 Å². The lowest BCUT2D eigenvalue weighted by molar-refractivity contribution is -0.124. The molecule has 0 radical (unpaired) electrons. The highest BCUT2D eigenvalue weighted by atomic mass is 32.1. The molecule has 2 heterocycles. The summed E-state index contributed by atoms with van der Waals surface area (Å²) in [4.78, 5) is 32.6. The molecule has 2 N–H and O–H groups in total. The highest BCUT2D eigenvalue weighted by Crippen LogP contribution is 2.28. The minimum Gasteiger partial charge on any atom is -0.352 e. The number of benzene rings is 1. The van der Waals surface area contributed by atoms with Gasteiger partial charge in [0, 0.05) is 28.9 Å². The van der Waals surface area contributed by atoms with Gasteiger partial charge in [-0.15, -0.1) is 11.3 Å². The van der Waals surface area contributed by atoms with E-state index in [0.29, 0.717) is 23.9 Å². The number of amides is 2. The molecule has 6 nitrogen and oxygen atoms in total. The van der Waals surface area contributed by atoms with Crippen LogP contribution in [0.1, 0.15) is 101 Å². The molecule has 37 heavy (non-hydrogen) atoms. The van der Waals surface area contributed by atoms with Crippen LogP contribution in [-0.4, -0.2) is 33.4 Å². The zero-order valence-corrected chi connectivity index (χ0v) is 24.3. The zero-order chi connectivity index (χ0) is 27.1. The quantitative estimate of drug-likeness (QED) is 0.260. The van der Waals surface area contributed by atoms with E-state index in [1.54, 1.807) is 11.3 Å². The summed E-state index contributed by atoms with van der Waals surface area (Å²) < 4.78 is 2.35. The van der Waals surface area contributed by atoms with Gasteiger partial charge < -0.3 is 15.2 Å². The summed E-state index contributed by atoms with van der Waals surface area (Å²) in [6.07, 6.45) is 4.29. The summed E-state index contributed by atoms with van der Waals surface area (Å²) in [7, 11) is 0. The van der Waals surface area contributed by atoms with Gasteiger partial charge in [-0.25, -0.2) is 4.98 Å². The van der Waals surface area contributed by atoms with Crippen LogP contribution in [-0.2, 0) is 11.2 Å². The Balaban J connectivity index is 1.87.